The van der Waals surface area contributed by atoms with Crippen LogP contribution in [-0.4, -0.2) is 40.2 Å². The molecule has 1 saturated carbocycles. The van der Waals surface area contributed by atoms with Gasteiger partial charge in [-0.1, -0.05) is 11.6 Å². The molecule has 0 N–H and O–H groups in total. The monoisotopic (exact) mass is 342 g/mol. The lowest BCUT2D eigenvalue weighted by molar-refractivity contribution is -0.00311. The molecule has 5 nitrogen and oxygen atoms in total. The van der Waals surface area contributed by atoms with Crippen molar-refractivity contribution in [3.63, 3.8) is 0 Å². The highest BCUT2D eigenvalue weighted by Crippen LogP contribution is 2.37. The molecule has 2 aliphatic rings. The third-order valence-corrected chi connectivity index (χ3v) is 4.75. The molecule has 1 aliphatic carbocycles. The van der Waals surface area contributed by atoms with Gasteiger partial charge in [0.1, 0.15) is 11.3 Å². The Morgan fingerprint density at radius 1 is 1.27 bits per heavy atom. The summed E-state index contributed by atoms with van der Waals surface area (Å²) in [5.41, 5.74) is 0.107. The van der Waals surface area contributed by atoms with Crippen LogP contribution in [0.2, 0.25) is 10.4 Å². The van der Waals surface area contributed by atoms with Gasteiger partial charge in [0.15, 0.2) is 11.0 Å². The van der Waals surface area contributed by atoms with E-state index in [1.165, 1.54) is 6.20 Å². The number of rotatable bonds is 1. The van der Waals surface area contributed by atoms with Crippen molar-refractivity contribution in [3.05, 3.63) is 22.5 Å². The first kappa shape index (κ1) is 14.4. The molecule has 2 atom stereocenters. The Hall–Kier alpha value is -1.24. The molecule has 8 heteroatoms. The molecule has 1 aliphatic heterocycles. The number of anilines is 1. The second kappa shape index (κ2) is 5.44. The standard InChI is InChI=1S/C14H13Cl2FN4O/c15-12-10(17)11-7(6-18-12)13(20-14(16)19-11)21-4-1-5-22-9-3-2-8(9)21/h6,8-9H,1-5H2/t8-,9+/m0/s1. The highest BCUT2D eigenvalue weighted by atomic mass is 35.5. The van der Waals surface area contributed by atoms with Crippen molar-refractivity contribution in [2.24, 2.45) is 0 Å². The van der Waals surface area contributed by atoms with E-state index in [4.69, 9.17) is 27.9 Å². The molecule has 2 fully saturated rings. The number of pyridine rings is 1. The molecule has 3 heterocycles. The molecule has 2 aromatic rings. The molecule has 116 valence electrons. The molecule has 4 rings (SSSR count). The summed E-state index contributed by atoms with van der Waals surface area (Å²) < 4.78 is 20.0. The molecule has 0 radical (unpaired) electrons. The van der Waals surface area contributed by atoms with Gasteiger partial charge in [0.2, 0.25) is 5.28 Å². The van der Waals surface area contributed by atoms with E-state index in [0.717, 1.165) is 32.4 Å². The van der Waals surface area contributed by atoms with E-state index >= 15 is 0 Å². The predicted octanol–water partition coefficient (Wildman–Crippen LogP) is 3.23. The number of fused-ring (bicyclic) bond motifs is 2. The second-order valence-electron chi connectivity index (χ2n) is 5.54. The van der Waals surface area contributed by atoms with E-state index in [0.29, 0.717) is 11.2 Å². The van der Waals surface area contributed by atoms with E-state index in [-0.39, 0.29) is 28.1 Å². The van der Waals surface area contributed by atoms with Crippen molar-refractivity contribution in [1.29, 1.82) is 0 Å². The SMILES string of the molecule is Fc1c(Cl)ncc2c(N3CCCO[C@@H]4CC[C@@H]43)nc(Cl)nc12. The summed E-state index contributed by atoms with van der Waals surface area (Å²) in [7, 11) is 0. The van der Waals surface area contributed by atoms with E-state index in [1.807, 2.05) is 0 Å². The topological polar surface area (TPSA) is 51.1 Å². The summed E-state index contributed by atoms with van der Waals surface area (Å²) in [6.45, 7) is 1.51. The Labute approximate surface area is 136 Å². The molecular formula is C14H13Cl2FN4O. The maximum atomic E-state index is 14.2. The first-order valence-electron chi connectivity index (χ1n) is 7.20. The highest BCUT2D eigenvalue weighted by molar-refractivity contribution is 6.30. The molecule has 0 bridgehead atoms. The first-order valence-corrected chi connectivity index (χ1v) is 7.96. The minimum absolute atomic E-state index is 0.00436. The fourth-order valence-corrected chi connectivity index (χ4v) is 3.42. The van der Waals surface area contributed by atoms with Gasteiger partial charge in [0.05, 0.1) is 17.5 Å². The van der Waals surface area contributed by atoms with Crippen molar-refractivity contribution in [1.82, 2.24) is 15.0 Å². The van der Waals surface area contributed by atoms with Crippen LogP contribution in [-0.2, 0) is 4.74 Å². The van der Waals surface area contributed by atoms with Crippen molar-refractivity contribution < 1.29 is 9.13 Å². The van der Waals surface area contributed by atoms with Gasteiger partial charge in [-0.05, 0) is 30.9 Å². The third kappa shape index (κ3) is 2.21. The van der Waals surface area contributed by atoms with E-state index in [9.17, 15) is 4.39 Å². The molecule has 0 spiro atoms. The summed E-state index contributed by atoms with van der Waals surface area (Å²) in [6.07, 6.45) is 4.66. The van der Waals surface area contributed by atoms with Crippen LogP contribution >= 0.6 is 23.2 Å². The van der Waals surface area contributed by atoms with Gasteiger partial charge in [-0.2, -0.15) is 4.98 Å². The van der Waals surface area contributed by atoms with E-state index < -0.39 is 5.82 Å². The van der Waals surface area contributed by atoms with Crippen LogP contribution in [0.1, 0.15) is 19.3 Å². The lowest BCUT2D eigenvalue weighted by Crippen LogP contribution is -2.50. The maximum Gasteiger partial charge on any atom is 0.225 e. The number of halogens is 3. The molecule has 2 aromatic heterocycles. The Morgan fingerprint density at radius 2 is 2.14 bits per heavy atom. The van der Waals surface area contributed by atoms with Crippen molar-refractivity contribution in [3.8, 4) is 0 Å². The Balaban J connectivity index is 1.88. The fraction of sp³-hybridized carbons (Fsp3) is 0.500. The van der Waals surface area contributed by atoms with Gasteiger partial charge < -0.3 is 9.64 Å². The fourth-order valence-electron chi connectivity index (χ4n) is 3.11. The van der Waals surface area contributed by atoms with Crippen molar-refractivity contribution in [2.45, 2.75) is 31.4 Å². The molecule has 1 saturated heterocycles. The normalized spacial score (nSPS) is 24.8. The van der Waals surface area contributed by atoms with E-state index in [2.05, 4.69) is 19.9 Å². The van der Waals surface area contributed by atoms with Crippen molar-refractivity contribution in [2.75, 3.05) is 18.1 Å². The van der Waals surface area contributed by atoms with Crippen LogP contribution in [0.4, 0.5) is 10.2 Å². The van der Waals surface area contributed by atoms with E-state index in [1.54, 1.807) is 0 Å². The predicted molar refractivity (Wildman–Crippen MR) is 82.0 cm³/mol. The Morgan fingerprint density at radius 3 is 2.91 bits per heavy atom. The average molecular weight is 343 g/mol. The Kier molecular flexibility index (Phi) is 3.55. The smallest absolute Gasteiger partial charge is 0.225 e. The van der Waals surface area contributed by atoms with Gasteiger partial charge in [0.25, 0.3) is 0 Å². The number of ether oxygens (including phenoxy) is 1. The zero-order valence-electron chi connectivity index (χ0n) is 11.6. The molecule has 0 amide bonds. The van der Waals surface area contributed by atoms with Crippen LogP contribution < -0.4 is 4.90 Å². The van der Waals surface area contributed by atoms with Crippen LogP contribution in [0, 0.1) is 5.82 Å². The summed E-state index contributed by atoms with van der Waals surface area (Å²) in [5, 5.41) is 0.317. The summed E-state index contributed by atoms with van der Waals surface area (Å²) in [6, 6.07) is 0.246. The van der Waals surface area contributed by atoms with Crippen LogP contribution in [0.25, 0.3) is 10.9 Å². The van der Waals surface area contributed by atoms with Gasteiger partial charge >= 0.3 is 0 Å². The van der Waals surface area contributed by atoms with Crippen LogP contribution in [0.3, 0.4) is 0 Å². The molecule has 0 unspecified atom stereocenters. The van der Waals surface area contributed by atoms with Gasteiger partial charge in [-0.15, -0.1) is 0 Å². The summed E-state index contributed by atoms with van der Waals surface area (Å²) in [5.74, 6) is -0.0563. The van der Waals surface area contributed by atoms with Gasteiger partial charge in [0, 0.05) is 19.3 Å². The minimum atomic E-state index is -0.666. The minimum Gasteiger partial charge on any atom is -0.376 e. The van der Waals surface area contributed by atoms with Gasteiger partial charge in [-0.3, -0.25) is 0 Å². The lowest BCUT2D eigenvalue weighted by atomic mass is 9.87. The number of aromatic nitrogens is 3. The van der Waals surface area contributed by atoms with Crippen molar-refractivity contribution >= 4 is 39.9 Å². The molecular weight excluding hydrogens is 330 g/mol. The number of nitrogens with zero attached hydrogens (tertiary/aromatic N) is 4. The molecule has 0 aromatic carbocycles. The first-order chi connectivity index (χ1) is 10.6. The largest absolute Gasteiger partial charge is 0.376 e. The average Bonchev–Trinajstić information content (AvgIpc) is 2.61. The summed E-state index contributed by atoms with van der Waals surface area (Å²) in [4.78, 5) is 14.3. The summed E-state index contributed by atoms with van der Waals surface area (Å²) >= 11 is 11.7. The van der Waals surface area contributed by atoms with Gasteiger partial charge in [-0.25, -0.2) is 14.4 Å². The highest BCUT2D eigenvalue weighted by Gasteiger charge is 2.39. The third-order valence-electron chi connectivity index (χ3n) is 4.32. The second-order valence-corrected chi connectivity index (χ2v) is 6.24. The zero-order chi connectivity index (χ0) is 15.3. The number of hydrogen-bond donors (Lipinski definition) is 0. The quantitative estimate of drug-likeness (QED) is 0.588. The van der Waals surface area contributed by atoms with Crippen LogP contribution in [0.5, 0.6) is 0 Å². The lowest BCUT2D eigenvalue weighted by Gasteiger charge is -2.42. The maximum absolute atomic E-state index is 14.2. The Bertz CT molecular complexity index is 744. The van der Waals surface area contributed by atoms with Crippen LogP contribution in [0.15, 0.2) is 6.20 Å². The zero-order valence-corrected chi connectivity index (χ0v) is 13.1. The molecule has 22 heavy (non-hydrogen) atoms. The number of hydrogen-bond acceptors (Lipinski definition) is 5.